The van der Waals surface area contributed by atoms with E-state index in [9.17, 15) is 9.59 Å². The lowest BCUT2D eigenvalue weighted by atomic mass is 9.74. The van der Waals surface area contributed by atoms with Gasteiger partial charge in [-0.3, -0.25) is 9.59 Å². The third kappa shape index (κ3) is 4.63. The van der Waals surface area contributed by atoms with E-state index in [1.165, 1.54) is 12.8 Å². The first-order chi connectivity index (χ1) is 16.4. The topological polar surface area (TPSA) is 74.6 Å². The van der Waals surface area contributed by atoms with Gasteiger partial charge in [0.2, 0.25) is 5.91 Å². The van der Waals surface area contributed by atoms with Gasteiger partial charge in [0, 0.05) is 23.7 Å². The molecule has 1 amide bonds. The zero-order chi connectivity index (χ0) is 23.7. The van der Waals surface area contributed by atoms with Gasteiger partial charge in [-0.1, -0.05) is 51.7 Å². The van der Waals surface area contributed by atoms with Crippen LogP contribution in [0, 0.1) is 5.41 Å². The second kappa shape index (κ2) is 9.32. The number of benzene rings is 1. The van der Waals surface area contributed by atoms with Gasteiger partial charge in [-0.25, -0.2) is 0 Å². The Bertz CT molecular complexity index is 1080. The van der Waals surface area contributed by atoms with E-state index >= 15 is 0 Å². The number of amides is 1. The van der Waals surface area contributed by atoms with Crippen LogP contribution in [0.2, 0.25) is 0 Å². The maximum atomic E-state index is 13.6. The number of allylic oxidation sites excluding steroid dienone is 1. The minimum Gasteiger partial charge on any atom is -0.467 e. The minimum absolute atomic E-state index is 0.00843. The number of rotatable bonds is 4. The van der Waals surface area contributed by atoms with Crippen molar-refractivity contribution in [3.63, 3.8) is 0 Å². The number of carbonyl (C=O) groups is 2. The summed E-state index contributed by atoms with van der Waals surface area (Å²) in [5.41, 5.74) is 3.34. The minimum atomic E-state index is -0.454. The zero-order valence-corrected chi connectivity index (χ0v) is 20.2. The molecule has 1 aromatic carbocycles. The van der Waals surface area contributed by atoms with Crippen molar-refractivity contribution >= 4 is 23.1 Å². The molecule has 0 bridgehead atoms. The second-order valence-corrected chi connectivity index (χ2v) is 10.8. The Morgan fingerprint density at radius 1 is 1.09 bits per heavy atom. The maximum absolute atomic E-state index is 13.6. The quantitative estimate of drug-likeness (QED) is 0.569. The van der Waals surface area contributed by atoms with Crippen molar-refractivity contribution < 1.29 is 14.0 Å². The molecule has 2 N–H and O–H groups in total. The Labute approximate surface area is 201 Å². The first-order valence-electron chi connectivity index (χ1n) is 12.6. The molecule has 5 rings (SSSR count). The van der Waals surface area contributed by atoms with Crippen molar-refractivity contribution in [3.8, 4) is 0 Å². The number of anilines is 2. The number of nitrogens with zero attached hydrogens (tertiary/aromatic N) is 1. The first kappa shape index (κ1) is 22.8. The molecule has 0 radical (unpaired) electrons. The summed E-state index contributed by atoms with van der Waals surface area (Å²) in [5, 5.41) is 6.86. The highest BCUT2D eigenvalue weighted by molar-refractivity contribution is 6.01. The van der Waals surface area contributed by atoms with Crippen LogP contribution in [-0.2, 0) is 9.59 Å². The predicted octanol–water partition coefficient (Wildman–Crippen LogP) is 5.74. The molecule has 6 heteroatoms. The monoisotopic (exact) mass is 461 g/mol. The summed E-state index contributed by atoms with van der Waals surface area (Å²) in [7, 11) is 0. The highest BCUT2D eigenvalue weighted by atomic mass is 16.3. The molecule has 1 aliphatic heterocycles. The summed E-state index contributed by atoms with van der Waals surface area (Å²) in [6, 6.07) is 11.5. The van der Waals surface area contributed by atoms with Gasteiger partial charge in [0.25, 0.3) is 0 Å². The average molecular weight is 462 g/mol. The Morgan fingerprint density at radius 3 is 2.59 bits per heavy atom. The Morgan fingerprint density at radius 2 is 1.85 bits per heavy atom. The summed E-state index contributed by atoms with van der Waals surface area (Å²) in [5.74, 6) is 0.786. The summed E-state index contributed by atoms with van der Waals surface area (Å²) in [6.45, 7) is 4.42. The number of furan rings is 1. The highest BCUT2D eigenvalue weighted by Gasteiger charge is 2.43. The molecule has 1 saturated carbocycles. The van der Waals surface area contributed by atoms with E-state index in [4.69, 9.17) is 4.42 Å². The van der Waals surface area contributed by atoms with Crippen molar-refractivity contribution in [3.05, 3.63) is 59.7 Å². The molecular weight excluding hydrogens is 426 g/mol. The summed E-state index contributed by atoms with van der Waals surface area (Å²) >= 11 is 0. The Hall–Kier alpha value is -3.02. The number of carbonyl (C=O) groups excluding carboxylic acids is 2. The van der Waals surface area contributed by atoms with Crippen LogP contribution < -0.4 is 15.5 Å². The Balaban J connectivity index is 1.55. The van der Waals surface area contributed by atoms with Crippen LogP contribution in [0.4, 0.5) is 11.4 Å². The van der Waals surface area contributed by atoms with Crippen LogP contribution in [0.15, 0.2) is 58.3 Å². The molecule has 34 heavy (non-hydrogen) atoms. The van der Waals surface area contributed by atoms with Crippen LogP contribution >= 0.6 is 0 Å². The number of ketones is 1. The molecule has 1 aromatic heterocycles. The molecule has 2 aliphatic carbocycles. The number of nitrogens with one attached hydrogen (secondary N) is 2. The van der Waals surface area contributed by atoms with Gasteiger partial charge >= 0.3 is 0 Å². The maximum Gasteiger partial charge on any atom is 0.239 e. The van der Waals surface area contributed by atoms with E-state index in [0.717, 1.165) is 49.2 Å². The fourth-order valence-electron chi connectivity index (χ4n) is 5.82. The van der Waals surface area contributed by atoms with Gasteiger partial charge in [-0.05, 0) is 48.9 Å². The van der Waals surface area contributed by atoms with Crippen LogP contribution in [0.1, 0.15) is 77.0 Å². The van der Waals surface area contributed by atoms with Crippen LogP contribution in [-0.4, -0.2) is 24.3 Å². The lowest BCUT2D eigenvalue weighted by molar-refractivity contribution is -0.121. The lowest BCUT2D eigenvalue weighted by Crippen LogP contribution is -2.44. The number of para-hydroxylation sites is 2. The van der Waals surface area contributed by atoms with E-state index < -0.39 is 6.04 Å². The second-order valence-electron chi connectivity index (χ2n) is 10.8. The molecular formula is C28H35N3O3. The molecule has 2 heterocycles. The van der Waals surface area contributed by atoms with Crippen LogP contribution in [0.25, 0.3) is 0 Å². The number of fused-ring (bicyclic) bond motifs is 1. The molecule has 0 unspecified atom stereocenters. The smallest absolute Gasteiger partial charge is 0.239 e. The van der Waals surface area contributed by atoms with E-state index in [2.05, 4.69) is 24.5 Å². The molecule has 0 saturated heterocycles. The van der Waals surface area contributed by atoms with Gasteiger partial charge in [-0.15, -0.1) is 0 Å². The van der Waals surface area contributed by atoms with Crippen molar-refractivity contribution in [1.82, 2.24) is 5.32 Å². The van der Waals surface area contributed by atoms with E-state index in [1.807, 2.05) is 41.3 Å². The van der Waals surface area contributed by atoms with Crippen molar-refractivity contribution in [1.29, 1.82) is 0 Å². The van der Waals surface area contributed by atoms with Gasteiger partial charge in [0.15, 0.2) is 5.78 Å². The fraction of sp³-hybridized carbons (Fsp3) is 0.500. The largest absolute Gasteiger partial charge is 0.467 e. The Kier molecular flexibility index (Phi) is 6.24. The zero-order valence-electron chi connectivity index (χ0n) is 20.2. The standard InChI is InChI=1S/C28H35N3O3/c1-28(2)16-21-26(23(32)17-28)27(24-14-9-15-34-24)31(22-13-8-7-12-20(22)30-21)18-25(33)29-19-10-5-3-4-6-11-19/h7-9,12-15,19,27,30H,3-6,10-11,16-18H2,1-2H3,(H,29,33)/t27-/m0/s1. The van der Waals surface area contributed by atoms with Crippen molar-refractivity contribution in [2.75, 3.05) is 16.8 Å². The van der Waals surface area contributed by atoms with Crippen LogP contribution in [0.3, 0.4) is 0 Å². The highest BCUT2D eigenvalue weighted by Crippen LogP contribution is 2.48. The van der Waals surface area contributed by atoms with Crippen molar-refractivity contribution in [2.45, 2.75) is 77.3 Å². The molecule has 2 aromatic rings. The summed E-state index contributed by atoms with van der Waals surface area (Å²) in [6.07, 6.45) is 9.77. The van der Waals surface area contributed by atoms with E-state index in [-0.39, 0.29) is 29.7 Å². The molecule has 1 atom stereocenters. The van der Waals surface area contributed by atoms with E-state index in [0.29, 0.717) is 17.8 Å². The first-order valence-corrected chi connectivity index (χ1v) is 12.6. The normalized spacial score (nSPS) is 22.8. The fourth-order valence-corrected chi connectivity index (χ4v) is 5.82. The predicted molar refractivity (Wildman–Crippen MR) is 134 cm³/mol. The summed E-state index contributed by atoms with van der Waals surface area (Å²) < 4.78 is 5.88. The van der Waals surface area contributed by atoms with Gasteiger partial charge in [0.1, 0.15) is 11.8 Å². The summed E-state index contributed by atoms with van der Waals surface area (Å²) in [4.78, 5) is 29.0. The van der Waals surface area contributed by atoms with Gasteiger partial charge in [0.05, 0.1) is 24.2 Å². The third-order valence-electron chi connectivity index (χ3n) is 7.35. The molecule has 3 aliphatic rings. The molecule has 0 spiro atoms. The number of Topliss-reactive ketones (excluding diaryl/α,β-unsaturated/α-hetero) is 1. The average Bonchev–Trinajstić information content (AvgIpc) is 3.13. The SMILES string of the molecule is CC1(C)CC(=O)C2=C(C1)Nc1ccccc1N(CC(=O)NC1CCCCCC1)[C@H]2c1ccco1. The van der Waals surface area contributed by atoms with Gasteiger partial charge < -0.3 is 20.0 Å². The van der Waals surface area contributed by atoms with Crippen molar-refractivity contribution in [2.24, 2.45) is 5.41 Å². The number of hydrogen-bond acceptors (Lipinski definition) is 5. The molecule has 180 valence electrons. The van der Waals surface area contributed by atoms with Gasteiger partial charge in [-0.2, -0.15) is 0 Å². The van der Waals surface area contributed by atoms with Crippen LogP contribution in [0.5, 0.6) is 0 Å². The lowest BCUT2D eigenvalue weighted by Gasteiger charge is -2.36. The molecule has 6 nitrogen and oxygen atoms in total. The molecule has 1 fully saturated rings. The van der Waals surface area contributed by atoms with E-state index in [1.54, 1.807) is 6.26 Å². The third-order valence-corrected chi connectivity index (χ3v) is 7.35. The number of hydrogen-bond donors (Lipinski definition) is 2.